The first-order valence-corrected chi connectivity index (χ1v) is 5.23. The second kappa shape index (κ2) is 2.62. The molecule has 0 saturated heterocycles. The third-order valence-corrected chi connectivity index (χ3v) is 4.47. The van der Waals surface area contributed by atoms with Gasteiger partial charge in [-0.05, 0) is 30.6 Å². The fourth-order valence-electron chi connectivity index (χ4n) is 3.30. The van der Waals surface area contributed by atoms with E-state index in [9.17, 15) is 4.79 Å². The van der Waals surface area contributed by atoms with Gasteiger partial charge >= 0.3 is 5.97 Å². The van der Waals surface area contributed by atoms with Gasteiger partial charge in [-0.1, -0.05) is 26.0 Å². The molecule has 0 spiro atoms. The zero-order chi connectivity index (χ0) is 10.6. The van der Waals surface area contributed by atoms with E-state index in [1.54, 1.807) is 0 Å². The molecule has 2 nitrogen and oxygen atoms in total. The zero-order valence-corrected chi connectivity index (χ0v) is 9.22. The Morgan fingerprint density at radius 1 is 1.57 bits per heavy atom. The summed E-state index contributed by atoms with van der Waals surface area (Å²) in [6.45, 7) is 8.53. The maximum absolute atomic E-state index is 11.8. The maximum atomic E-state index is 11.8. The van der Waals surface area contributed by atoms with Crippen molar-refractivity contribution >= 4 is 5.97 Å². The summed E-state index contributed by atoms with van der Waals surface area (Å²) in [7, 11) is 1.48. The van der Waals surface area contributed by atoms with Gasteiger partial charge in [0.25, 0.3) is 0 Å². The number of ether oxygens (including phenoxy) is 1. The minimum Gasteiger partial charge on any atom is -0.468 e. The van der Waals surface area contributed by atoms with Gasteiger partial charge in [-0.15, -0.1) is 0 Å². The van der Waals surface area contributed by atoms with Gasteiger partial charge in [-0.2, -0.15) is 0 Å². The quantitative estimate of drug-likeness (QED) is 0.473. The molecular formula is C12H18O2. The molecule has 2 saturated carbocycles. The Morgan fingerprint density at radius 2 is 2.21 bits per heavy atom. The van der Waals surface area contributed by atoms with Crippen molar-refractivity contribution in [3.63, 3.8) is 0 Å². The normalized spacial score (nSPS) is 38.8. The molecule has 2 rings (SSSR count). The second-order valence-electron chi connectivity index (χ2n) is 5.21. The minimum absolute atomic E-state index is 0.0735. The lowest BCUT2D eigenvalue weighted by molar-refractivity contribution is -0.150. The maximum Gasteiger partial charge on any atom is 0.315 e. The Bertz CT molecular complexity index is 303. The molecule has 2 bridgehead atoms. The van der Waals surface area contributed by atoms with E-state index in [0.29, 0.717) is 5.92 Å². The highest BCUT2D eigenvalue weighted by Gasteiger charge is 2.61. The van der Waals surface area contributed by atoms with Gasteiger partial charge in [0.15, 0.2) is 0 Å². The SMILES string of the molecule is C=C1C(C)(C)[C@H]2CC[C@]1(C(=O)OC)C2. The van der Waals surface area contributed by atoms with Gasteiger partial charge in [-0.3, -0.25) is 4.79 Å². The molecule has 0 heterocycles. The molecule has 0 aromatic heterocycles. The van der Waals surface area contributed by atoms with Crippen molar-refractivity contribution < 1.29 is 9.53 Å². The molecule has 78 valence electrons. The Balaban J connectivity index is 2.40. The fourth-order valence-corrected chi connectivity index (χ4v) is 3.30. The minimum atomic E-state index is -0.344. The number of carbonyl (C=O) groups excluding carboxylic acids is 1. The first-order valence-electron chi connectivity index (χ1n) is 5.23. The molecule has 14 heavy (non-hydrogen) atoms. The third kappa shape index (κ3) is 0.891. The number of methoxy groups -OCH3 is 1. The van der Waals surface area contributed by atoms with Crippen LogP contribution in [-0.2, 0) is 9.53 Å². The molecule has 0 amide bonds. The molecule has 2 aliphatic carbocycles. The van der Waals surface area contributed by atoms with Gasteiger partial charge in [0.05, 0.1) is 12.5 Å². The van der Waals surface area contributed by atoms with Crippen molar-refractivity contribution in [2.75, 3.05) is 7.11 Å². The molecule has 0 aromatic rings. The molecule has 0 unspecified atom stereocenters. The lowest BCUT2D eigenvalue weighted by atomic mass is 9.68. The molecule has 0 radical (unpaired) electrons. The van der Waals surface area contributed by atoms with Gasteiger partial charge < -0.3 is 4.74 Å². The largest absolute Gasteiger partial charge is 0.468 e. The number of hydrogen-bond acceptors (Lipinski definition) is 2. The highest BCUT2D eigenvalue weighted by atomic mass is 16.5. The second-order valence-corrected chi connectivity index (χ2v) is 5.21. The summed E-state index contributed by atoms with van der Waals surface area (Å²) in [5.74, 6) is 0.546. The van der Waals surface area contributed by atoms with Crippen molar-refractivity contribution in [2.45, 2.75) is 33.1 Å². The molecule has 2 fully saturated rings. The lowest BCUT2D eigenvalue weighted by Crippen LogP contribution is -2.34. The van der Waals surface area contributed by atoms with Crippen LogP contribution in [-0.4, -0.2) is 13.1 Å². The summed E-state index contributed by atoms with van der Waals surface area (Å²) in [6.07, 6.45) is 3.03. The summed E-state index contributed by atoms with van der Waals surface area (Å²) >= 11 is 0. The number of rotatable bonds is 1. The van der Waals surface area contributed by atoms with E-state index in [0.717, 1.165) is 24.8 Å². The van der Waals surface area contributed by atoms with Crippen molar-refractivity contribution in [2.24, 2.45) is 16.7 Å². The number of esters is 1. The number of hydrogen-bond donors (Lipinski definition) is 0. The van der Waals surface area contributed by atoms with Crippen molar-refractivity contribution in [3.8, 4) is 0 Å². The van der Waals surface area contributed by atoms with E-state index in [1.807, 2.05) is 0 Å². The van der Waals surface area contributed by atoms with Crippen LogP contribution in [0.5, 0.6) is 0 Å². The topological polar surface area (TPSA) is 26.3 Å². The monoisotopic (exact) mass is 194 g/mol. The van der Waals surface area contributed by atoms with E-state index in [1.165, 1.54) is 7.11 Å². The highest BCUT2D eigenvalue weighted by molar-refractivity contribution is 5.82. The predicted molar refractivity (Wildman–Crippen MR) is 54.7 cm³/mol. The van der Waals surface area contributed by atoms with Crippen molar-refractivity contribution in [3.05, 3.63) is 12.2 Å². The summed E-state index contributed by atoms with van der Waals surface area (Å²) in [5, 5.41) is 0. The first-order chi connectivity index (χ1) is 6.45. The summed E-state index contributed by atoms with van der Waals surface area (Å²) in [5.41, 5.74) is 0.864. The van der Waals surface area contributed by atoms with Crippen LogP contribution >= 0.6 is 0 Å². The molecular weight excluding hydrogens is 176 g/mol. The summed E-state index contributed by atoms with van der Waals surface area (Å²) in [6, 6.07) is 0. The predicted octanol–water partition coefficient (Wildman–Crippen LogP) is 2.54. The van der Waals surface area contributed by atoms with Gasteiger partial charge in [0, 0.05) is 0 Å². The van der Waals surface area contributed by atoms with E-state index in [4.69, 9.17) is 4.74 Å². The lowest BCUT2D eigenvalue weighted by Gasteiger charge is -2.36. The fraction of sp³-hybridized carbons (Fsp3) is 0.750. The van der Waals surface area contributed by atoms with E-state index >= 15 is 0 Å². The van der Waals surface area contributed by atoms with Gasteiger partial charge in [0.2, 0.25) is 0 Å². The molecule has 2 atom stereocenters. The molecule has 0 aliphatic heterocycles. The van der Waals surface area contributed by atoms with Crippen LogP contribution in [0, 0.1) is 16.7 Å². The number of fused-ring (bicyclic) bond motifs is 2. The third-order valence-electron chi connectivity index (χ3n) is 4.47. The standard InChI is InChI=1S/C12H18O2/c1-8-11(2,3)9-5-6-12(8,7-9)10(13)14-4/h9H,1,5-7H2,2-4H3/t9-,12-/m0/s1. The van der Waals surface area contributed by atoms with Crippen LogP contribution in [0.15, 0.2) is 12.2 Å². The van der Waals surface area contributed by atoms with Crippen molar-refractivity contribution in [1.82, 2.24) is 0 Å². The summed E-state index contributed by atoms with van der Waals surface area (Å²) < 4.78 is 4.92. The Morgan fingerprint density at radius 3 is 2.64 bits per heavy atom. The van der Waals surface area contributed by atoms with E-state index in [2.05, 4.69) is 20.4 Å². The van der Waals surface area contributed by atoms with Crippen LogP contribution in [0.4, 0.5) is 0 Å². The van der Waals surface area contributed by atoms with Crippen LogP contribution < -0.4 is 0 Å². The number of carbonyl (C=O) groups is 1. The Kier molecular flexibility index (Phi) is 1.82. The van der Waals surface area contributed by atoms with Crippen LogP contribution in [0.1, 0.15) is 33.1 Å². The average molecular weight is 194 g/mol. The Labute approximate surface area is 85.3 Å². The smallest absolute Gasteiger partial charge is 0.315 e. The molecule has 0 N–H and O–H groups in total. The molecule has 0 aromatic carbocycles. The van der Waals surface area contributed by atoms with Crippen LogP contribution in [0.2, 0.25) is 0 Å². The van der Waals surface area contributed by atoms with Gasteiger partial charge in [-0.25, -0.2) is 0 Å². The zero-order valence-electron chi connectivity index (χ0n) is 9.22. The van der Waals surface area contributed by atoms with Gasteiger partial charge in [0.1, 0.15) is 0 Å². The summed E-state index contributed by atoms with van der Waals surface area (Å²) in [4.78, 5) is 11.8. The molecule has 2 heteroatoms. The van der Waals surface area contributed by atoms with Crippen molar-refractivity contribution in [1.29, 1.82) is 0 Å². The molecule has 2 aliphatic rings. The highest BCUT2D eigenvalue weighted by Crippen LogP contribution is 2.65. The van der Waals surface area contributed by atoms with E-state index < -0.39 is 0 Å². The Hall–Kier alpha value is -0.790. The van der Waals surface area contributed by atoms with E-state index in [-0.39, 0.29) is 16.8 Å². The first kappa shape index (κ1) is 9.75. The average Bonchev–Trinajstić information content (AvgIpc) is 2.66. The van der Waals surface area contributed by atoms with Crippen LogP contribution in [0.3, 0.4) is 0 Å². The van der Waals surface area contributed by atoms with Crippen LogP contribution in [0.25, 0.3) is 0 Å².